The highest BCUT2D eigenvalue weighted by atomic mass is 16.6. The Morgan fingerprint density at radius 1 is 1.31 bits per heavy atom. The van der Waals surface area contributed by atoms with Crippen molar-refractivity contribution in [3.8, 4) is 0 Å². The van der Waals surface area contributed by atoms with E-state index in [-0.39, 0.29) is 23.9 Å². The summed E-state index contributed by atoms with van der Waals surface area (Å²) in [6.45, 7) is 1.20. The molecule has 1 aromatic rings. The molecule has 6 heteroatoms. The number of nitro benzene ring substituents is 1. The van der Waals surface area contributed by atoms with E-state index in [0.717, 1.165) is 0 Å². The maximum Gasteiger partial charge on any atom is 0.269 e. The van der Waals surface area contributed by atoms with Crippen LogP contribution in [0.4, 0.5) is 5.69 Å². The topological polar surface area (TPSA) is 89.3 Å². The number of rotatable bonds is 4. The summed E-state index contributed by atoms with van der Waals surface area (Å²) in [7, 11) is 0. The smallest absolute Gasteiger partial charge is 0.269 e. The van der Waals surface area contributed by atoms with Gasteiger partial charge in [0.15, 0.2) is 5.78 Å². The maximum absolute atomic E-state index is 11.4. The molecule has 0 aliphatic rings. The average Bonchev–Trinajstić information content (AvgIpc) is 2.26. The van der Waals surface area contributed by atoms with Crippen LogP contribution in [-0.2, 0) is 4.79 Å². The van der Waals surface area contributed by atoms with Crippen LogP contribution in [0.3, 0.4) is 0 Å². The van der Waals surface area contributed by atoms with E-state index in [0.29, 0.717) is 5.56 Å². The highest BCUT2D eigenvalue weighted by molar-refractivity contribution is 5.99. The van der Waals surface area contributed by atoms with Crippen molar-refractivity contribution in [1.82, 2.24) is 5.32 Å². The zero-order chi connectivity index (χ0) is 12.1. The monoisotopic (exact) mass is 222 g/mol. The first-order valence-electron chi connectivity index (χ1n) is 4.53. The second kappa shape index (κ2) is 5.01. The van der Waals surface area contributed by atoms with E-state index < -0.39 is 4.92 Å². The Balaban J connectivity index is 2.70. The predicted molar refractivity (Wildman–Crippen MR) is 56.1 cm³/mol. The van der Waals surface area contributed by atoms with E-state index in [1.54, 1.807) is 0 Å². The van der Waals surface area contributed by atoms with Gasteiger partial charge in [-0.1, -0.05) is 0 Å². The van der Waals surface area contributed by atoms with Crippen LogP contribution < -0.4 is 5.32 Å². The second-order valence-electron chi connectivity index (χ2n) is 3.14. The molecule has 1 N–H and O–H groups in total. The molecule has 0 fully saturated rings. The fourth-order valence-corrected chi connectivity index (χ4v) is 1.08. The molecule has 0 aromatic heterocycles. The molecule has 0 saturated heterocycles. The lowest BCUT2D eigenvalue weighted by Gasteiger charge is -2.01. The van der Waals surface area contributed by atoms with E-state index >= 15 is 0 Å². The predicted octanol–water partition coefficient (Wildman–Crippen LogP) is 0.914. The van der Waals surface area contributed by atoms with Crippen molar-refractivity contribution in [3.05, 3.63) is 39.9 Å². The first-order valence-corrected chi connectivity index (χ1v) is 4.53. The summed E-state index contributed by atoms with van der Waals surface area (Å²) in [5.41, 5.74) is 0.260. The first kappa shape index (κ1) is 11.8. The van der Waals surface area contributed by atoms with Gasteiger partial charge < -0.3 is 5.32 Å². The van der Waals surface area contributed by atoms with Crippen LogP contribution in [0.2, 0.25) is 0 Å². The molecule has 0 spiro atoms. The van der Waals surface area contributed by atoms with Crippen molar-refractivity contribution in [2.75, 3.05) is 6.54 Å². The van der Waals surface area contributed by atoms with Gasteiger partial charge in [-0.25, -0.2) is 0 Å². The molecular formula is C10H10N2O4. The molecule has 0 aliphatic heterocycles. The van der Waals surface area contributed by atoms with Gasteiger partial charge in [-0.15, -0.1) is 0 Å². The van der Waals surface area contributed by atoms with Crippen molar-refractivity contribution in [3.63, 3.8) is 0 Å². The maximum atomic E-state index is 11.4. The molecule has 84 valence electrons. The van der Waals surface area contributed by atoms with Crippen LogP contribution in [0, 0.1) is 10.1 Å². The summed E-state index contributed by atoms with van der Waals surface area (Å²) < 4.78 is 0. The Kier molecular flexibility index (Phi) is 3.71. The zero-order valence-corrected chi connectivity index (χ0v) is 8.60. The van der Waals surface area contributed by atoms with Crippen molar-refractivity contribution in [2.24, 2.45) is 0 Å². The van der Waals surface area contributed by atoms with Gasteiger partial charge in [-0.3, -0.25) is 19.7 Å². The number of Topliss-reactive ketones (excluding diaryl/α,β-unsaturated/α-hetero) is 1. The summed E-state index contributed by atoms with van der Waals surface area (Å²) in [5.74, 6) is -0.583. The number of nitrogens with zero attached hydrogens (tertiary/aromatic N) is 1. The van der Waals surface area contributed by atoms with Crippen LogP contribution in [0.15, 0.2) is 24.3 Å². The molecule has 0 radical (unpaired) electrons. The van der Waals surface area contributed by atoms with Crippen molar-refractivity contribution < 1.29 is 14.5 Å². The molecule has 16 heavy (non-hydrogen) atoms. The quantitative estimate of drug-likeness (QED) is 0.466. The van der Waals surface area contributed by atoms with Gasteiger partial charge >= 0.3 is 0 Å². The fourth-order valence-electron chi connectivity index (χ4n) is 1.08. The van der Waals surface area contributed by atoms with Crippen molar-refractivity contribution in [2.45, 2.75) is 6.92 Å². The lowest BCUT2D eigenvalue weighted by atomic mass is 10.1. The molecule has 1 aromatic carbocycles. The number of carbonyl (C=O) groups excluding carboxylic acids is 2. The largest absolute Gasteiger partial charge is 0.349 e. The second-order valence-corrected chi connectivity index (χ2v) is 3.14. The number of hydrogen-bond donors (Lipinski definition) is 1. The number of hydrogen-bond acceptors (Lipinski definition) is 4. The molecule has 0 aliphatic carbocycles. The molecule has 0 atom stereocenters. The number of nitrogens with one attached hydrogen (secondary N) is 1. The van der Waals surface area contributed by atoms with Crippen LogP contribution in [-0.4, -0.2) is 23.2 Å². The summed E-state index contributed by atoms with van der Waals surface area (Å²) >= 11 is 0. The third-order valence-corrected chi connectivity index (χ3v) is 1.90. The molecule has 0 unspecified atom stereocenters. The zero-order valence-electron chi connectivity index (χ0n) is 8.60. The Morgan fingerprint density at radius 3 is 2.31 bits per heavy atom. The minimum Gasteiger partial charge on any atom is -0.349 e. The number of amides is 1. The molecular weight excluding hydrogens is 212 g/mol. The number of non-ortho nitro benzene ring substituents is 1. The van der Waals surface area contributed by atoms with Gasteiger partial charge in [0, 0.05) is 24.6 Å². The number of nitro groups is 1. The number of ketones is 1. The van der Waals surface area contributed by atoms with Crippen LogP contribution >= 0.6 is 0 Å². The molecule has 0 heterocycles. The van der Waals surface area contributed by atoms with E-state index in [9.17, 15) is 19.7 Å². The number of carbonyl (C=O) groups is 2. The van der Waals surface area contributed by atoms with Gasteiger partial charge in [0.1, 0.15) is 0 Å². The third kappa shape index (κ3) is 3.16. The summed E-state index contributed by atoms with van der Waals surface area (Å²) in [6.07, 6.45) is 0. The van der Waals surface area contributed by atoms with Crippen molar-refractivity contribution >= 4 is 17.4 Å². The van der Waals surface area contributed by atoms with Crippen LogP contribution in [0.5, 0.6) is 0 Å². The SMILES string of the molecule is CC(=O)NCC(=O)c1ccc([N+](=O)[O-])cc1. The molecule has 1 rings (SSSR count). The Hall–Kier alpha value is -2.24. The van der Waals surface area contributed by atoms with Gasteiger partial charge in [-0.2, -0.15) is 0 Å². The van der Waals surface area contributed by atoms with Gasteiger partial charge in [0.2, 0.25) is 5.91 Å². The minimum absolute atomic E-state index is 0.0731. The highest BCUT2D eigenvalue weighted by Crippen LogP contribution is 2.11. The Bertz CT molecular complexity index is 425. The van der Waals surface area contributed by atoms with Gasteiger partial charge in [0.05, 0.1) is 11.5 Å². The average molecular weight is 222 g/mol. The van der Waals surface area contributed by atoms with E-state index in [4.69, 9.17) is 0 Å². The lowest BCUT2D eigenvalue weighted by molar-refractivity contribution is -0.384. The van der Waals surface area contributed by atoms with Gasteiger partial charge in [-0.05, 0) is 12.1 Å². The fraction of sp³-hybridized carbons (Fsp3) is 0.200. The molecule has 0 saturated carbocycles. The highest BCUT2D eigenvalue weighted by Gasteiger charge is 2.09. The van der Waals surface area contributed by atoms with Crippen LogP contribution in [0.1, 0.15) is 17.3 Å². The minimum atomic E-state index is -0.540. The summed E-state index contributed by atoms with van der Waals surface area (Å²) in [5, 5.41) is 12.7. The first-order chi connectivity index (χ1) is 7.50. The molecule has 1 amide bonds. The lowest BCUT2D eigenvalue weighted by Crippen LogP contribution is -2.27. The molecule has 6 nitrogen and oxygen atoms in total. The van der Waals surface area contributed by atoms with E-state index in [1.165, 1.54) is 31.2 Å². The van der Waals surface area contributed by atoms with Crippen molar-refractivity contribution in [1.29, 1.82) is 0 Å². The normalized spacial score (nSPS) is 9.56. The van der Waals surface area contributed by atoms with E-state index in [2.05, 4.69) is 5.32 Å². The standard InChI is InChI=1S/C10H10N2O4/c1-7(13)11-6-10(14)8-2-4-9(5-3-8)12(15)16/h2-5H,6H2,1H3,(H,11,13). The third-order valence-electron chi connectivity index (χ3n) is 1.90. The van der Waals surface area contributed by atoms with E-state index in [1.807, 2.05) is 0 Å². The molecule has 0 bridgehead atoms. The van der Waals surface area contributed by atoms with Crippen LogP contribution in [0.25, 0.3) is 0 Å². The Labute approximate surface area is 91.4 Å². The summed E-state index contributed by atoms with van der Waals surface area (Å²) in [6, 6.07) is 5.23. The summed E-state index contributed by atoms with van der Waals surface area (Å²) in [4.78, 5) is 31.8. The number of benzene rings is 1. The Morgan fingerprint density at radius 2 is 1.88 bits per heavy atom. The van der Waals surface area contributed by atoms with Gasteiger partial charge in [0.25, 0.3) is 5.69 Å².